The summed E-state index contributed by atoms with van der Waals surface area (Å²) in [7, 11) is 1.59. The molecular formula is C18H21N5O2. The van der Waals surface area contributed by atoms with E-state index >= 15 is 0 Å². The predicted molar refractivity (Wildman–Crippen MR) is 93.7 cm³/mol. The SMILES string of the molecule is COc1cc(N2CCCC3(CCN(c4cccnc4)C3=O)C2)ncn1. The van der Waals surface area contributed by atoms with Crippen LogP contribution in [-0.2, 0) is 4.79 Å². The van der Waals surface area contributed by atoms with Crippen molar-refractivity contribution in [3.63, 3.8) is 0 Å². The summed E-state index contributed by atoms with van der Waals surface area (Å²) in [6, 6.07) is 5.64. The van der Waals surface area contributed by atoms with Crippen LogP contribution < -0.4 is 14.5 Å². The van der Waals surface area contributed by atoms with Crippen molar-refractivity contribution in [1.29, 1.82) is 0 Å². The van der Waals surface area contributed by atoms with Crippen LogP contribution in [0.5, 0.6) is 5.88 Å². The van der Waals surface area contributed by atoms with Gasteiger partial charge in [-0.1, -0.05) is 0 Å². The van der Waals surface area contributed by atoms with Crippen molar-refractivity contribution in [2.75, 3.05) is 36.5 Å². The molecule has 7 heteroatoms. The molecule has 0 bridgehead atoms. The lowest BCUT2D eigenvalue weighted by Gasteiger charge is -2.39. The van der Waals surface area contributed by atoms with E-state index in [1.54, 1.807) is 19.5 Å². The van der Waals surface area contributed by atoms with Crippen molar-refractivity contribution in [1.82, 2.24) is 15.0 Å². The number of ether oxygens (including phenoxy) is 1. The van der Waals surface area contributed by atoms with Gasteiger partial charge in [-0.2, -0.15) is 0 Å². The number of piperidine rings is 1. The molecule has 2 aromatic heterocycles. The number of nitrogens with zero attached hydrogens (tertiary/aromatic N) is 5. The Kier molecular flexibility index (Phi) is 3.99. The Labute approximate surface area is 146 Å². The van der Waals surface area contributed by atoms with Gasteiger partial charge in [-0.15, -0.1) is 0 Å². The molecule has 0 aliphatic carbocycles. The largest absolute Gasteiger partial charge is 0.481 e. The first-order chi connectivity index (χ1) is 12.2. The maximum absolute atomic E-state index is 13.2. The maximum Gasteiger partial charge on any atom is 0.235 e. The standard InChI is InChI=1S/C18H21N5O2/c1-25-16-10-15(20-13-21-16)22-8-3-5-18(12-22)6-9-23(17(18)24)14-4-2-7-19-11-14/h2,4,7,10-11,13H,3,5-6,8-9,12H2,1H3. The van der Waals surface area contributed by atoms with Crippen molar-refractivity contribution in [2.45, 2.75) is 19.3 Å². The lowest BCUT2D eigenvalue weighted by atomic mass is 9.78. The number of hydrogen-bond donors (Lipinski definition) is 0. The Bertz CT molecular complexity index is 769. The average Bonchev–Trinajstić information content (AvgIpc) is 2.98. The van der Waals surface area contributed by atoms with Crippen molar-refractivity contribution in [2.24, 2.45) is 5.41 Å². The second kappa shape index (κ2) is 6.31. The molecule has 0 N–H and O–H groups in total. The molecule has 2 aromatic rings. The van der Waals surface area contributed by atoms with Gasteiger partial charge in [-0.05, 0) is 31.4 Å². The molecule has 1 unspecified atom stereocenters. The zero-order valence-electron chi connectivity index (χ0n) is 14.3. The molecule has 2 saturated heterocycles. The third kappa shape index (κ3) is 2.79. The molecule has 4 rings (SSSR count). The minimum Gasteiger partial charge on any atom is -0.481 e. The zero-order valence-corrected chi connectivity index (χ0v) is 14.3. The summed E-state index contributed by atoms with van der Waals surface area (Å²) in [5.41, 5.74) is 0.539. The summed E-state index contributed by atoms with van der Waals surface area (Å²) in [5, 5.41) is 0. The molecule has 1 amide bonds. The van der Waals surface area contributed by atoms with Gasteiger partial charge in [-0.3, -0.25) is 9.78 Å². The summed E-state index contributed by atoms with van der Waals surface area (Å²) in [4.78, 5) is 29.8. The van der Waals surface area contributed by atoms with E-state index in [0.717, 1.165) is 43.9 Å². The third-order valence-corrected chi connectivity index (χ3v) is 5.21. The van der Waals surface area contributed by atoms with Crippen molar-refractivity contribution in [3.05, 3.63) is 36.9 Å². The summed E-state index contributed by atoms with van der Waals surface area (Å²) >= 11 is 0. The van der Waals surface area contributed by atoms with E-state index < -0.39 is 0 Å². The number of carbonyl (C=O) groups excluding carboxylic acids is 1. The number of aromatic nitrogens is 3. The van der Waals surface area contributed by atoms with Crippen molar-refractivity contribution < 1.29 is 9.53 Å². The highest BCUT2D eigenvalue weighted by atomic mass is 16.5. The molecule has 0 aromatic carbocycles. The van der Waals surface area contributed by atoms with Crippen LogP contribution in [0.25, 0.3) is 0 Å². The molecule has 1 atom stereocenters. The summed E-state index contributed by atoms with van der Waals surface area (Å²) in [5.74, 6) is 1.56. The molecule has 7 nitrogen and oxygen atoms in total. The van der Waals surface area contributed by atoms with Gasteiger partial charge in [0.2, 0.25) is 11.8 Å². The van der Waals surface area contributed by atoms with E-state index in [2.05, 4.69) is 19.9 Å². The number of hydrogen-bond acceptors (Lipinski definition) is 6. The number of pyridine rings is 1. The van der Waals surface area contributed by atoms with Gasteiger partial charge in [0.05, 0.1) is 24.4 Å². The van der Waals surface area contributed by atoms with Gasteiger partial charge in [0.15, 0.2) is 0 Å². The molecule has 130 valence electrons. The first kappa shape index (κ1) is 15.8. The van der Waals surface area contributed by atoms with Gasteiger partial charge < -0.3 is 14.5 Å². The Morgan fingerprint density at radius 2 is 2.16 bits per heavy atom. The molecule has 2 fully saturated rings. The minimum atomic E-state index is -0.341. The van der Waals surface area contributed by atoms with Crippen LogP contribution in [0.4, 0.5) is 11.5 Å². The molecule has 0 saturated carbocycles. The lowest BCUT2D eigenvalue weighted by molar-refractivity contribution is -0.126. The lowest BCUT2D eigenvalue weighted by Crippen LogP contribution is -2.48. The number of methoxy groups -OCH3 is 1. The van der Waals surface area contributed by atoms with Gasteiger partial charge in [0.25, 0.3) is 0 Å². The average molecular weight is 339 g/mol. The fourth-order valence-corrected chi connectivity index (χ4v) is 3.90. The summed E-state index contributed by atoms with van der Waals surface area (Å²) in [6.07, 6.45) is 7.74. The fraction of sp³-hybridized carbons (Fsp3) is 0.444. The predicted octanol–water partition coefficient (Wildman–Crippen LogP) is 1.90. The minimum absolute atomic E-state index is 0.200. The molecule has 2 aliphatic heterocycles. The van der Waals surface area contributed by atoms with Crippen LogP contribution in [0.1, 0.15) is 19.3 Å². The number of amides is 1. The Balaban J connectivity index is 1.57. The fourth-order valence-electron chi connectivity index (χ4n) is 3.90. The normalized spacial score (nSPS) is 23.3. The van der Waals surface area contributed by atoms with Crippen LogP contribution in [-0.4, -0.2) is 47.6 Å². The van der Waals surface area contributed by atoms with E-state index in [1.165, 1.54) is 6.33 Å². The van der Waals surface area contributed by atoms with Crippen LogP contribution in [0.15, 0.2) is 36.9 Å². The third-order valence-electron chi connectivity index (χ3n) is 5.21. The summed E-state index contributed by atoms with van der Waals surface area (Å²) in [6.45, 7) is 2.32. The Morgan fingerprint density at radius 1 is 1.24 bits per heavy atom. The monoisotopic (exact) mass is 339 g/mol. The molecular weight excluding hydrogens is 318 g/mol. The first-order valence-corrected chi connectivity index (χ1v) is 8.55. The smallest absolute Gasteiger partial charge is 0.235 e. The van der Waals surface area contributed by atoms with Crippen molar-refractivity contribution in [3.8, 4) is 5.88 Å². The number of carbonyl (C=O) groups is 1. The second-order valence-corrected chi connectivity index (χ2v) is 6.64. The molecule has 2 aliphatic rings. The highest BCUT2D eigenvalue weighted by molar-refractivity contribution is 6.00. The second-order valence-electron chi connectivity index (χ2n) is 6.64. The highest BCUT2D eigenvalue weighted by Crippen LogP contribution is 2.42. The Hall–Kier alpha value is -2.70. The molecule has 1 spiro atoms. The number of anilines is 2. The molecule has 0 radical (unpaired) electrons. The zero-order chi connectivity index (χ0) is 17.3. The van der Waals surface area contributed by atoms with Gasteiger partial charge in [0, 0.05) is 31.9 Å². The van der Waals surface area contributed by atoms with E-state index in [-0.39, 0.29) is 11.3 Å². The Morgan fingerprint density at radius 3 is 2.96 bits per heavy atom. The first-order valence-electron chi connectivity index (χ1n) is 8.55. The maximum atomic E-state index is 13.2. The van der Waals surface area contributed by atoms with E-state index in [9.17, 15) is 4.79 Å². The van der Waals surface area contributed by atoms with Crippen molar-refractivity contribution >= 4 is 17.4 Å². The van der Waals surface area contributed by atoms with Crippen LogP contribution >= 0.6 is 0 Å². The van der Waals surface area contributed by atoms with E-state index in [0.29, 0.717) is 12.4 Å². The summed E-state index contributed by atoms with van der Waals surface area (Å²) < 4.78 is 5.20. The van der Waals surface area contributed by atoms with Gasteiger partial charge >= 0.3 is 0 Å². The van der Waals surface area contributed by atoms with Gasteiger partial charge in [-0.25, -0.2) is 9.97 Å². The van der Waals surface area contributed by atoms with E-state index in [1.807, 2.05) is 23.1 Å². The highest BCUT2D eigenvalue weighted by Gasteiger charge is 2.49. The van der Waals surface area contributed by atoms with Crippen LogP contribution in [0.3, 0.4) is 0 Å². The molecule has 4 heterocycles. The van der Waals surface area contributed by atoms with Crippen LogP contribution in [0.2, 0.25) is 0 Å². The number of rotatable bonds is 3. The van der Waals surface area contributed by atoms with Crippen LogP contribution in [0, 0.1) is 5.41 Å². The quantitative estimate of drug-likeness (QED) is 0.851. The topological polar surface area (TPSA) is 71.5 Å². The van der Waals surface area contributed by atoms with Gasteiger partial charge in [0.1, 0.15) is 12.1 Å². The molecule has 25 heavy (non-hydrogen) atoms. The van der Waals surface area contributed by atoms with E-state index in [4.69, 9.17) is 4.74 Å².